The van der Waals surface area contributed by atoms with Gasteiger partial charge in [0.1, 0.15) is 23.0 Å². The van der Waals surface area contributed by atoms with Crippen molar-refractivity contribution in [2.45, 2.75) is 197 Å². The summed E-state index contributed by atoms with van der Waals surface area (Å²) in [7, 11) is 0. The third kappa shape index (κ3) is 14.2. The maximum absolute atomic E-state index is 12.1. The second kappa shape index (κ2) is 22.8. The Bertz CT molecular complexity index is 2250. The number of carbonyl (C=O) groups is 1. The van der Waals surface area contributed by atoms with Crippen LogP contribution in [0.5, 0.6) is 23.0 Å². The quantitative estimate of drug-likeness (QED) is 0.0526. The van der Waals surface area contributed by atoms with Crippen molar-refractivity contribution in [1.82, 2.24) is 0 Å². The molecule has 0 unspecified atom stereocenters. The van der Waals surface area contributed by atoms with Crippen molar-refractivity contribution in [3.05, 3.63) is 127 Å². The largest absolute Gasteiger partial charge is 0.493 e. The van der Waals surface area contributed by atoms with Crippen LogP contribution in [0.3, 0.4) is 0 Å². The molecule has 0 aromatic heterocycles. The van der Waals surface area contributed by atoms with Crippen LogP contribution in [0.25, 0.3) is 0 Å². The van der Waals surface area contributed by atoms with E-state index in [4.69, 9.17) is 23.7 Å². The van der Waals surface area contributed by atoms with Gasteiger partial charge in [0.15, 0.2) is 0 Å². The Morgan fingerprint density at radius 2 is 0.647 bits per heavy atom. The minimum absolute atomic E-state index is 0.102. The van der Waals surface area contributed by atoms with E-state index >= 15 is 0 Å². The van der Waals surface area contributed by atoms with E-state index in [1.807, 2.05) is 0 Å². The molecule has 0 heterocycles. The van der Waals surface area contributed by atoms with Crippen molar-refractivity contribution in [3.63, 3.8) is 0 Å². The molecular formula is C62H88O6. The van der Waals surface area contributed by atoms with Crippen LogP contribution in [0.15, 0.2) is 60.7 Å². The normalized spacial score (nSPS) is 13.2. The lowest BCUT2D eigenvalue weighted by molar-refractivity contribution is -0.139. The molecule has 0 radical (unpaired) electrons. The minimum atomic E-state index is -0.338. The van der Waals surface area contributed by atoms with Crippen LogP contribution >= 0.6 is 0 Å². The topological polar surface area (TPSA) is 63.2 Å². The van der Waals surface area contributed by atoms with E-state index in [1.54, 1.807) is 6.92 Å². The van der Waals surface area contributed by atoms with E-state index < -0.39 is 0 Å². The first-order chi connectivity index (χ1) is 31.8. The summed E-state index contributed by atoms with van der Waals surface area (Å²) in [5.41, 5.74) is 14.4. The molecule has 5 rings (SSSR count). The molecule has 0 atom stereocenters. The molecule has 0 spiro atoms. The van der Waals surface area contributed by atoms with Gasteiger partial charge in [-0.15, -0.1) is 0 Å². The first-order valence-electron chi connectivity index (χ1n) is 25.8. The molecule has 8 bridgehead atoms. The van der Waals surface area contributed by atoms with E-state index in [1.165, 1.54) is 55.6 Å². The maximum atomic E-state index is 12.1. The fourth-order valence-electron chi connectivity index (χ4n) is 8.82. The molecule has 0 amide bonds. The Labute approximate surface area is 413 Å². The van der Waals surface area contributed by atoms with Gasteiger partial charge in [0, 0.05) is 31.3 Å². The Morgan fingerprint density at radius 3 is 0.868 bits per heavy atom. The summed E-state index contributed by atoms with van der Waals surface area (Å²) >= 11 is 0. The Morgan fingerprint density at radius 1 is 0.412 bits per heavy atom. The summed E-state index contributed by atoms with van der Waals surface area (Å²) in [5.74, 6) is 3.50. The second-order valence-corrected chi connectivity index (χ2v) is 23.6. The molecule has 0 aliphatic heterocycles. The molecule has 4 aromatic carbocycles. The Hall–Kier alpha value is -4.71. The maximum Gasteiger partial charge on any atom is 0.333 e. The predicted octanol–water partition coefficient (Wildman–Crippen LogP) is 15.6. The number of hydrogen-bond acceptors (Lipinski definition) is 6. The van der Waals surface area contributed by atoms with Crippen LogP contribution in [0.1, 0.15) is 216 Å². The molecule has 0 saturated carbocycles. The fourth-order valence-corrected chi connectivity index (χ4v) is 8.82. The monoisotopic (exact) mass is 929 g/mol. The summed E-state index contributed by atoms with van der Waals surface area (Å²) in [4.78, 5) is 12.1. The SMILES string of the molecule is C=C(C)C(=O)OCCCCCOc1c2cc(C(C)(C)C)cc1Cc1cc(C(C)(C)C)cc(c1OCCC)Cc1cc(C(C)(C)C)cc(c1OCCC)Cc1cc(C(C)(C)C)cc(c1OCCC)C2. The van der Waals surface area contributed by atoms with E-state index in [0.717, 1.165) is 72.6 Å². The number of esters is 1. The van der Waals surface area contributed by atoms with Crippen LogP contribution in [-0.4, -0.2) is 39.0 Å². The molecule has 0 fully saturated rings. The van der Waals surface area contributed by atoms with Crippen molar-refractivity contribution in [2.75, 3.05) is 33.0 Å². The van der Waals surface area contributed by atoms with Crippen LogP contribution < -0.4 is 18.9 Å². The number of hydrogen-bond donors (Lipinski definition) is 0. The number of unbranched alkanes of at least 4 members (excludes halogenated alkanes) is 2. The second-order valence-electron chi connectivity index (χ2n) is 23.6. The molecule has 4 aromatic rings. The molecule has 0 saturated heterocycles. The standard InChI is InChI=1S/C62H88O6/c1-18-24-64-54-42-29-44-35-51(60(9,10)11)37-46(55(44)65-25-19-2)31-48-39-53(62(15,16)17)40-49(57(48)67-27-22-21-23-28-68-58(63)41(4)5)32-47-38-52(61(12,13)14)36-45(56(47)66-26-20-3)30-43(54)34-50(33-42)59(6,7)8/h33-40H,4,18-32H2,1-3,5-17H3. The summed E-state index contributed by atoms with van der Waals surface area (Å²) in [6.07, 6.45) is 7.76. The molecule has 1 aliphatic rings. The van der Waals surface area contributed by atoms with Gasteiger partial charge in [0.05, 0.1) is 33.0 Å². The highest BCUT2D eigenvalue weighted by Gasteiger charge is 2.29. The van der Waals surface area contributed by atoms with E-state index in [0.29, 0.717) is 64.3 Å². The Kier molecular flexibility index (Phi) is 18.2. The predicted molar refractivity (Wildman–Crippen MR) is 284 cm³/mol. The van der Waals surface area contributed by atoms with Gasteiger partial charge >= 0.3 is 5.97 Å². The highest BCUT2D eigenvalue weighted by molar-refractivity contribution is 5.86. The third-order valence-corrected chi connectivity index (χ3v) is 12.9. The first-order valence-corrected chi connectivity index (χ1v) is 25.8. The lowest BCUT2D eigenvalue weighted by Gasteiger charge is -2.29. The van der Waals surface area contributed by atoms with Gasteiger partial charge in [-0.05, 0) is 134 Å². The van der Waals surface area contributed by atoms with Crippen molar-refractivity contribution >= 4 is 5.97 Å². The van der Waals surface area contributed by atoms with Gasteiger partial charge in [0.2, 0.25) is 0 Å². The highest BCUT2D eigenvalue weighted by Crippen LogP contribution is 2.44. The van der Waals surface area contributed by atoms with Gasteiger partial charge < -0.3 is 23.7 Å². The van der Waals surface area contributed by atoms with Gasteiger partial charge in [-0.1, -0.05) is 159 Å². The number of fused-ring (bicyclic) bond motifs is 8. The van der Waals surface area contributed by atoms with Gasteiger partial charge in [-0.25, -0.2) is 4.79 Å². The number of rotatable bonds is 17. The van der Waals surface area contributed by atoms with Crippen LogP contribution in [0, 0.1) is 0 Å². The van der Waals surface area contributed by atoms with Gasteiger partial charge in [-0.2, -0.15) is 0 Å². The summed E-state index contributed by atoms with van der Waals surface area (Å²) < 4.78 is 33.5. The first kappa shape index (κ1) is 54.2. The summed E-state index contributed by atoms with van der Waals surface area (Å²) in [5, 5.41) is 0. The lowest BCUT2D eigenvalue weighted by atomic mass is 9.79. The third-order valence-electron chi connectivity index (χ3n) is 12.9. The van der Waals surface area contributed by atoms with Gasteiger partial charge in [-0.3, -0.25) is 0 Å². The molecule has 372 valence electrons. The molecular weight excluding hydrogens is 841 g/mol. The van der Waals surface area contributed by atoms with E-state index in [-0.39, 0.29) is 27.6 Å². The molecule has 1 aliphatic carbocycles. The van der Waals surface area contributed by atoms with E-state index in [9.17, 15) is 4.79 Å². The molecule has 68 heavy (non-hydrogen) atoms. The average Bonchev–Trinajstić information content (AvgIpc) is 3.23. The molecule has 6 heteroatoms. The molecule has 0 N–H and O–H groups in total. The van der Waals surface area contributed by atoms with Crippen molar-refractivity contribution < 1.29 is 28.5 Å². The number of ether oxygens (including phenoxy) is 5. The van der Waals surface area contributed by atoms with E-state index in [2.05, 4.69) is 159 Å². The van der Waals surface area contributed by atoms with Crippen molar-refractivity contribution in [3.8, 4) is 23.0 Å². The number of benzene rings is 4. The zero-order valence-electron chi connectivity index (χ0n) is 45.4. The minimum Gasteiger partial charge on any atom is -0.493 e. The van der Waals surface area contributed by atoms with Crippen molar-refractivity contribution in [1.29, 1.82) is 0 Å². The molecule has 6 nitrogen and oxygen atoms in total. The van der Waals surface area contributed by atoms with Crippen LogP contribution in [0.4, 0.5) is 0 Å². The Balaban J connectivity index is 1.90. The van der Waals surface area contributed by atoms with Crippen LogP contribution in [-0.2, 0) is 56.9 Å². The van der Waals surface area contributed by atoms with Gasteiger partial charge in [0.25, 0.3) is 0 Å². The number of carbonyl (C=O) groups excluding carboxylic acids is 1. The summed E-state index contributed by atoms with van der Waals surface area (Å²) in [6, 6.07) is 19.2. The van der Waals surface area contributed by atoms with Crippen molar-refractivity contribution in [2.24, 2.45) is 0 Å². The average molecular weight is 929 g/mol. The van der Waals surface area contributed by atoms with Crippen LogP contribution in [0.2, 0.25) is 0 Å². The highest BCUT2D eigenvalue weighted by atomic mass is 16.5. The smallest absolute Gasteiger partial charge is 0.333 e. The zero-order chi connectivity index (χ0) is 50.2. The summed E-state index contributed by atoms with van der Waals surface area (Å²) in [6.45, 7) is 42.5. The lowest BCUT2D eigenvalue weighted by Crippen LogP contribution is -2.18. The fraction of sp³-hybridized carbons (Fsp3) is 0.565. The zero-order valence-corrected chi connectivity index (χ0v) is 45.4.